The molecule has 1 aromatic rings. The van der Waals surface area contributed by atoms with Crippen LogP contribution < -0.4 is 5.46 Å². The molecule has 4 heteroatoms. The molecule has 0 bridgehead atoms. The van der Waals surface area contributed by atoms with Crippen LogP contribution >= 0.6 is 11.6 Å². The zero-order valence-electron chi connectivity index (χ0n) is 5.75. The maximum absolute atomic E-state index is 10.4. The number of aldehydes is 1. The largest absolute Gasteiger partial charge is 0.449 e. The third-order valence-electron chi connectivity index (χ3n) is 1.41. The van der Waals surface area contributed by atoms with Crippen LogP contribution in [0.25, 0.3) is 0 Å². The van der Waals surface area contributed by atoms with Crippen molar-refractivity contribution in [1.82, 2.24) is 0 Å². The van der Waals surface area contributed by atoms with Crippen molar-refractivity contribution in [2.45, 2.75) is 0 Å². The van der Waals surface area contributed by atoms with Crippen LogP contribution in [0.3, 0.4) is 0 Å². The van der Waals surface area contributed by atoms with Gasteiger partial charge in [-0.25, -0.2) is 0 Å². The van der Waals surface area contributed by atoms with Crippen LogP contribution in [0.15, 0.2) is 18.2 Å². The Morgan fingerprint density at radius 3 is 2.82 bits per heavy atom. The van der Waals surface area contributed by atoms with Crippen LogP contribution in [0.2, 0.25) is 5.02 Å². The minimum atomic E-state index is -0.134. The van der Waals surface area contributed by atoms with Gasteiger partial charge in [-0.05, 0) is 17.6 Å². The Morgan fingerprint density at radius 2 is 2.27 bits per heavy atom. The first-order valence-electron chi connectivity index (χ1n) is 3.12. The third kappa shape index (κ3) is 1.82. The first kappa shape index (κ1) is 8.30. The summed E-state index contributed by atoms with van der Waals surface area (Å²) in [5.41, 5.74) is 1.05. The summed E-state index contributed by atoms with van der Waals surface area (Å²) in [5, 5.41) is 9.24. The zero-order chi connectivity index (χ0) is 8.27. The maximum atomic E-state index is 10.4. The average Bonchev–Trinajstić information content (AvgIpc) is 2.04. The standard InChI is InChI=1S/C7H6BClO2/c9-6-1-2-7(8-11)5(3-6)4-10/h1-4,8,11H. The Balaban J connectivity index is 3.16. The van der Waals surface area contributed by atoms with Crippen LogP contribution in [0, 0.1) is 0 Å². The van der Waals surface area contributed by atoms with Gasteiger partial charge in [0.05, 0.1) is 0 Å². The van der Waals surface area contributed by atoms with E-state index in [1.807, 2.05) is 0 Å². The lowest BCUT2D eigenvalue weighted by Crippen LogP contribution is -2.18. The van der Waals surface area contributed by atoms with Crippen molar-refractivity contribution in [3.05, 3.63) is 28.8 Å². The molecular formula is C7H6BClO2. The van der Waals surface area contributed by atoms with Crippen molar-refractivity contribution in [2.24, 2.45) is 0 Å². The molecule has 0 unspecified atom stereocenters. The van der Waals surface area contributed by atoms with Gasteiger partial charge in [0.15, 0.2) is 0 Å². The fourth-order valence-corrected chi connectivity index (χ4v) is 1.00. The highest BCUT2D eigenvalue weighted by Gasteiger charge is 2.01. The van der Waals surface area contributed by atoms with Crippen LogP contribution in [-0.4, -0.2) is 18.8 Å². The lowest BCUT2D eigenvalue weighted by Gasteiger charge is -1.98. The normalized spacial score (nSPS) is 9.27. The highest BCUT2D eigenvalue weighted by molar-refractivity contribution is 6.47. The van der Waals surface area contributed by atoms with Crippen LogP contribution in [-0.2, 0) is 0 Å². The van der Waals surface area contributed by atoms with E-state index in [4.69, 9.17) is 16.6 Å². The fourth-order valence-electron chi connectivity index (χ4n) is 0.819. The Bertz CT molecular complexity index is 275. The lowest BCUT2D eigenvalue weighted by molar-refractivity contribution is 0.112. The number of benzene rings is 1. The molecule has 0 radical (unpaired) electrons. The highest BCUT2D eigenvalue weighted by atomic mass is 35.5. The highest BCUT2D eigenvalue weighted by Crippen LogP contribution is 2.06. The van der Waals surface area contributed by atoms with E-state index in [1.165, 1.54) is 6.07 Å². The molecule has 0 saturated carbocycles. The van der Waals surface area contributed by atoms with Crippen molar-refractivity contribution in [2.75, 3.05) is 0 Å². The van der Waals surface area contributed by atoms with E-state index in [2.05, 4.69) is 0 Å². The van der Waals surface area contributed by atoms with Gasteiger partial charge >= 0.3 is 7.48 Å². The van der Waals surface area contributed by atoms with Gasteiger partial charge in [-0.2, -0.15) is 0 Å². The molecule has 1 aromatic carbocycles. The molecule has 0 atom stereocenters. The first-order valence-corrected chi connectivity index (χ1v) is 3.50. The predicted octanol–water partition coefficient (Wildman–Crippen LogP) is 0.122. The SMILES string of the molecule is O=Cc1cc(Cl)ccc1BO. The Kier molecular flexibility index (Phi) is 2.68. The molecule has 0 aliphatic carbocycles. The van der Waals surface area contributed by atoms with Crippen LogP contribution in [0.4, 0.5) is 0 Å². The van der Waals surface area contributed by atoms with E-state index in [0.29, 0.717) is 22.3 Å². The van der Waals surface area contributed by atoms with Gasteiger partial charge in [0.25, 0.3) is 0 Å². The van der Waals surface area contributed by atoms with E-state index in [9.17, 15) is 4.79 Å². The number of hydrogen-bond acceptors (Lipinski definition) is 2. The smallest absolute Gasteiger partial charge is 0.305 e. The summed E-state index contributed by atoms with van der Waals surface area (Å²) in [5.74, 6) is 0. The number of rotatable bonds is 2. The average molecular weight is 168 g/mol. The second-order valence-electron chi connectivity index (χ2n) is 2.12. The molecule has 2 nitrogen and oxygen atoms in total. The molecule has 0 aliphatic rings. The molecule has 0 saturated heterocycles. The van der Waals surface area contributed by atoms with Crippen LogP contribution in [0.1, 0.15) is 10.4 Å². The third-order valence-corrected chi connectivity index (χ3v) is 1.64. The van der Waals surface area contributed by atoms with Crippen molar-refractivity contribution >= 4 is 30.8 Å². The van der Waals surface area contributed by atoms with Gasteiger partial charge in [-0.1, -0.05) is 17.7 Å². The molecule has 0 aromatic heterocycles. The summed E-state index contributed by atoms with van der Waals surface area (Å²) < 4.78 is 0. The number of hydrogen-bond donors (Lipinski definition) is 1. The van der Waals surface area contributed by atoms with Gasteiger partial charge < -0.3 is 5.02 Å². The maximum Gasteiger partial charge on any atom is 0.305 e. The van der Waals surface area contributed by atoms with Crippen molar-refractivity contribution in [3.8, 4) is 0 Å². The number of carbonyl (C=O) groups is 1. The van der Waals surface area contributed by atoms with E-state index in [-0.39, 0.29) is 7.48 Å². The Labute approximate surface area is 70.1 Å². The molecular weight excluding hydrogens is 162 g/mol. The Hall–Kier alpha value is -0.795. The monoisotopic (exact) mass is 168 g/mol. The summed E-state index contributed by atoms with van der Waals surface area (Å²) in [4.78, 5) is 10.4. The summed E-state index contributed by atoms with van der Waals surface area (Å²) in [6.45, 7) is 0. The zero-order valence-corrected chi connectivity index (χ0v) is 6.51. The molecule has 56 valence electrons. The summed E-state index contributed by atoms with van der Waals surface area (Å²) in [6, 6.07) is 4.80. The fraction of sp³-hybridized carbons (Fsp3) is 0. The molecule has 0 fully saturated rings. The quantitative estimate of drug-likeness (QED) is 0.503. The van der Waals surface area contributed by atoms with Gasteiger partial charge in [-0.15, -0.1) is 0 Å². The number of carbonyl (C=O) groups excluding carboxylic acids is 1. The second-order valence-corrected chi connectivity index (χ2v) is 2.56. The van der Waals surface area contributed by atoms with E-state index >= 15 is 0 Å². The van der Waals surface area contributed by atoms with E-state index < -0.39 is 0 Å². The van der Waals surface area contributed by atoms with Gasteiger partial charge in [-0.3, -0.25) is 4.79 Å². The molecule has 11 heavy (non-hydrogen) atoms. The van der Waals surface area contributed by atoms with Crippen LogP contribution in [0.5, 0.6) is 0 Å². The summed E-state index contributed by atoms with van der Waals surface area (Å²) >= 11 is 5.61. The molecule has 1 N–H and O–H groups in total. The topological polar surface area (TPSA) is 37.3 Å². The number of halogens is 1. The van der Waals surface area contributed by atoms with Crippen molar-refractivity contribution < 1.29 is 9.82 Å². The van der Waals surface area contributed by atoms with Crippen molar-refractivity contribution in [3.63, 3.8) is 0 Å². The molecule has 0 aliphatic heterocycles. The summed E-state index contributed by atoms with van der Waals surface area (Å²) in [6.07, 6.45) is 0.678. The van der Waals surface area contributed by atoms with Gasteiger partial charge in [0.1, 0.15) is 6.29 Å². The predicted molar refractivity (Wildman–Crippen MR) is 45.8 cm³/mol. The molecule has 0 heterocycles. The van der Waals surface area contributed by atoms with E-state index in [0.717, 1.165) is 0 Å². The Morgan fingerprint density at radius 1 is 1.55 bits per heavy atom. The van der Waals surface area contributed by atoms with Gasteiger partial charge in [0, 0.05) is 10.6 Å². The second kappa shape index (κ2) is 3.55. The molecule has 0 spiro atoms. The molecule has 0 amide bonds. The lowest BCUT2D eigenvalue weighted by atomic mass is 9.85. The van der Waals surface area contributed by atoms with Gasteiger partial charge in [0.2, 0.25) is 0 Å². The summed E-state index contributed by atoms with van der Waals surface area (Å²) in [7, 11) is -0.134. The minimum absolute atomic E-state index is 0.134. The minimum Gasteiger partial charge on any atom is -0.449 e. The van der Waals surface area contributed by atoms with Crippen molar-refractivity contribution in [1.29, 1.82) is 0 Å². The van der Waals surface area contributed by atoms with E-state index in [1.54, 1.807) is 12.1 Å². The first-order chi connectivity index (χ1) is 5.27. The molecule has 1 rings (SSSR count).